The molecule has 112 valence electrons. The molecule has 0 atom stereocenters. The number of halogens is 3. The van der Waals surface area contributed by atoms with Crippen molar-refractivity contribution in [2.75, 3.05) is 25.6 Å². The molecule has 0 aliphatic rings. The van der Waals surface area contributed by atoms with Crippen molar-refractivity contribution < 1.29 is 27.4 Å². The molecule has 0 unspecified atom stereocenters. The SMILES string of the molecule is Cc1c(N)cccc1C(=O)OCCCOCC(F)(F)F. The smallest absolute Gasteiger partial charge is 0.411 e. The van der Waals surface area contributed by atoms with E-state index in [-0.39, 0.29) is 19.6 Å². The summed E-state index contributed by atoms with van der Waals surface area (Å²) in [5.74, 6) is -0.550. The third-order valence-electron chi connectivity index (χ3n) is 2.53. The van der Waals surface area contributed by atoms with E-state index in [9.17, 15) is 18.0 Å². The zero-order chi connectivity index (χ0) is 15.2. The van der Waals surface area contributed by atoms with Gasteiger partial charge < -0.3 is 15.2 Å². The van der Waals surface area contributed by atoms with E-state index >= 15 is 0 Å². The fraction of sp³-hybridized carbons (Fsp3) is 0.462. The van der Waals surface area contributed by atoms with Crippen molar-refractivity contribution in [3.8, 4) is 0 Å². The van der Waals surface area contributed by atoms with Gasteiger partial charge in [-0.15, -0.1) is 0 Å². The summed E-state index contributed by atoms with van der Waals surface area (Å²) < 4.78 is 44.7. The van der Waals surface area contributed by atoms with Crippen molar-refractivity contribution in [3.05, 3.63) is 29.3 Å². The van der Waals surface area contributed by atoms with E-state index < -0.39 is 18.8 Å². The van der Waals surface area contributed by atoms with Gasteiger partial charge in [-0.1, -0.05) is 6.07 Å². The van der Waals surface area contributed by atoms with Crippen LogP contribution in [0.3, 0.4) is 0 Å². The summed E-state index contributed by atoms with van der Waals surface area (Å²) in [5.41, 5.74) is 7.10. The Bertz CT molecular complexity index is 461. The van der Waals surface area contributed by atoms with Gasteiger partial charge >= 0.3 is 12.1 Å². The molecular formula is C13H16F3NO3. The molecule has 1 aromatic rings. The van der Waals surface area contributed by atoms with Gasteiger partial charge in [-0.2, -0.15) is 13.2 Å². The van der Waals surface area contributed by atoms with Gasteiger partial charge in [0.05, 0.1) is 18.8 Å². The number of nitrogen functional groups attached to an aromatic ring is 1. The van der Waals surface area contributed by atoms with Crippen molar-refractivity contribution in [1.82, 2.24) is 0 Å². The number of ether oxygens (including phenoxy) is 2. The zero-order valence-electron chi connectivity index (χ0n) is 11.0. The van der Waals surface area contributed by atoms with Crippen molar-refractivity contribution in [3.63, 3.8) is 0 Å². The Morgan fingerprint density at radius 1 is 1.30 bits per heavy atom. The molecule has 1 aromatic carbocycles. The first-order valence-corrected chi connectivity index (χ1v) is 5.98. The van der Waals surface area contributed by atoms with E-state index in [2.05, 4.69) is 4.74 Å². The van der Waals surface area contributed by atoms with Gasteiger partial charge in [-0.05, 0) is 24.6 Å². The maximum Gasteiger partial charge on any atom is 0.411 e. The first-order valence-electron chi connectivity index (χ1n) is 5.98. The van der Waals surface area contributed by atoms with Crippen LogP contribution >= 0.6 is 0 Å². The molecule has 0 amide bonds. The Balaban J connectivity index is 2.29. The first kappa shape index (κ1) is 16.3. The van der Waals surface area contributed by atoms with Gasteiger partial charge in [0.25, 0.3) is 0 Å². The van der Waals surface area contributed by atoms with Crippen LogP contribution in [0.15, 0.2) is 18.2 Å². The Kier molecular flexibility index (Phi) is 5.82. The number of esters is 1. The molecule has 0 aromatic heterocycles. The summed E-state index contributed by atoms with van der Waals surface area (Å²) in [6, 6.07) is 4.87. The molecule has 4 nitrogen and oxygen atoms in total. The lowest BCUT2D eigenvalue weighted by Gasteiger charge is -2.09. The maximum atomic E-state index is 11.8. The molecule has 0 bridgehead atoms. The van der Waals surface area contributed by atoms with E-state index in [1.165, 1.54) is 0 Å². The molecule has 0 radical (unpaired) electrons. The third kappa shape index (κ3) is 5.48. The van der Waals surface area contributed by atoms with Gasteiger partial charge in [0, 0.05) is 12.1 Å². The van der Waals surface area contributed by atoms with Crippen LogP contribution in [-0.4, -0.2) is 32.0 Å². The van der Waals surface area contributed by atoms with E-state index in [4.69, 9.17) is 10.5 Å². The van der Waals surface area contributed by atoms with Gasteiger partial charge in [0.15, 0.2) is 0 Å². The predicted molar refractivity (Wildman–Crippen MR) is 67.4 cm³/mol. The van der Waals surface area contributed by atoms with Crippen LogP contribution in [0.2, 0.25) is 0 Å². The second-order valence-electron chi connectivity index (χ2n) is 4.18. The number of rotatable bonds is 6. The van der Waals surface area contributed by atoms with Crippen LogP contribution in [0.5, 0.6) is 0 Å². The minimum atomic E-state index is -4.34. The summed E-state index contributed by atoms with van der Waals surface area (Å²) in [7, 11) is 0. The lowest BCUT2D eigenvalue weighted by molar-refractivity contribution is -0.174. The minimum absolute atomic E-state index is 0.00900. The van der Waals surface area contributed by atoms with Crippen LogP contribution in [-0.2, 0) is 9.47 Å². The molecule has 0 fully saturated rings. The van der Waals surface area contributed by atoms with E-state index in [0.717, 1.165) is 0 Å². The Labute approximate surface area is 114 Å². The monoisotopic (exact) mass is 291 g/mol. The first-order chi connectivity index (χ1) is 9.31. The highest BCUT2D eigenvalue weighted by atomic mass is 19.4. The Morgan fingerprint density at radius 2 is 2.00 bits per heavy atom. The number of hydrogen-bond donors (Lipinski definition) is 1. The lowest BCUT2D eigenvalue weighted by Crippen LogP contribution is -2.18. The average molecular weight is 291 g/mol. The van der Waals surface area contributed by atoms with E-state index in [0.29, 0.717) is 16.8 Å². The second kappa shape index (κ2) is 7.14. The van der Waals surface area contributed by atoms with Gasteiger partial charge in [-0.25, -0.2) is 4.79 Å². The topological polar surface area (TPSA) is 61.6 Å². The minimum Gasteiger partial charge on any atom is -0.462 e. The predicted octanol–water partition coefficient (Wildman–Crippen LogP) is 2.70. The van der Waals surface area contributed by atoms with E-state index in [1.54, 1.807) is 25.1 Å². The van der Waals surface area contributed by atoms with Gasteiger partial charge in [0.2, 0.25) is 0 Å². The highest BCUT2D eigenvalue weighted by Crippen LogP contribution is 2.16. The number of carbonyl (C=O) groups excluding carboxylic acids is 1. The van der Waals surface area contributed by atoms with Crippen molar-refractivity contribution in [2.24, 2.45) is 0 Å². The van der Waals surface area contributed by atoms with Gasteiger partial charge in [-0.3, -0.25) is 0 Å². The molecule has 1 rings (SSSR count). The lowest BCUT2D eigenvalue weighted by atomic mass is 10.1. The quantitative estimate of drug-likeness (QED) is 0.497. The molecule has 7 heteroatoms. The molecule has 0 saturated carbocycles. The highest BCUT2D eigenvalue weighted by Gasteiger charge is 2.27. The third-order valence-corrected chi connectivity index (χ3v) is 2.53. The van der Waals surface area contributed by atoms with Crippen molar-refractivity contribution >= 4 is 11.7 Å². The molecule has 20 heavy (non-hydrogen) atoms. The summed E-state index contributed by atoms with van der Waals surface area (Å²) in [5, 5.41) is 0. The van der Waals surface area contributed by atoms with Crippen LogP contribution in [0, 0.1) is 6.92 Å². The summed E-state index contributed by atoms with van der Waals surface area (Å²) >= 11 is 0. The largest absolute Gasteiger partial charge is 0.462 e. The summed E-state index contributed by atoms with van der Waals surface area (Å²) in [6.07, 6.45) is -4.14. The molecule has 0 spiro atoms. The Hall–Kier alpha value is -1.76. The number of anilines is 1. The number of benzene rings is 1. The normalized spacial score (nSPS) is 11.4. The molecular weight excluding hydrogens is 275 g/mol. The number of alkyl halides is 3. The Morgan fingerprint density at radius 3 is 2.65 bits per heavy atom. The number of hydrogen-bond acceptors (Lipinski definition) is 4. The summed E-state index contributed by atoms with van der Waals surface area (Å²) in [4.78, 5) is 11.7. The van der Waals surface area contributed by atoms with Crippen LogP contribution in [0.25, 0.3) is 0 Å². The maximum absolute atomic E-state index is 11.8. The number of nitrogens with two attached hydrogens (primary N) is 1. The van der Waals surface area contributed by atoms with Crippen LogP contribution in [0.1, 0.15) is 22.3 Å². The fourth-order valence-electron chi connectivity index (χ4n) is 1.47. The standard InChI is InChI=1S/C13H16F3NO3/c1-9-10(4-2-5-11(9)17)12(18)20-7-3-6-19-8-13(14,15)16/h2,4-5H,3,6-8,17H2,1H3. The fourth-order valence-corrected chi connectivity index (χ4v) is 1.47. The molecule has 2 N–H and O–H groups in total. The number of carbonyl (C=O) groups is 1. The highest BCUT2D eigenvalue weighted by molar-refractivity contribution is 5.92. The molecule has 0 heterocycles. The van der Waals surface area contributed by atoms with Gasteiger partial charge in [0.1, 0.15) is 6.61 Å². The van der Waals surface area contributed by atoms with Crippen LogP contribution in [0.4, 0.5) is 18.9 Å². The van der Waals surface area contributed by atoms with E-state index in [1.807, 2.05) is 0 Å². The van der Waals surface area contributed by atoms with Crippen LogP contribution < -0.4 is 5.73 Å². The van der Waals surface area contributed by atoms with Crippen molar-refractivity contribution in [1.29, 1.82) is 0 Å². The summed E-state index contributed by atoms with van der Waals surface area (Å²) in [6.45, 7) is 0.265. The molecule has 0 aliphatic carbocycles. The molecule has 0 aliphatic heterocycles. The zero-order valence-corrected chi connectivity index (χ0v) is 11.0. The second-order valence-corrected chi connectivity index (χ2v) is 4.18. The molecule has 0 saturated heterocycles. The van der Waals surface area contributed by atoms with Crippen molar-refractivity contribution in [2.45, 2.75) is 19.5 Å². The average Bonchev–Trinajstić information content (AvgIpc) is 2.35.